The summed E-state index contributed by atoms with van der Waals surface area (Å²) in [5, 5.41) is 7.49. The van der Waals surface area contributed by atoms with Crippen molar-refractivity contribution >= 4 is 34.0 Å². The Hall–Kier alpha value is -3.14. The molecule has 4 nitrogen and oxygen atoms in total. The number of para-hydroxylation sites is 1. The molecule has 23 heavy (non-hydrogen) atoms. The van der Waals surface area contributed by atoms with E-state index in [9.17, 15) is 9.59 Å². The Labute approximate surface area is 134 Å². The first-order valence-corrected chi connectivity index (χ1v) is 7.30. The second-order valence-corrected chi connectivity index (χ2v) is 5.25. The van der Waals surface area contributed by atoms with Crippen LogP contribution < -0.4 is 10.6 Å². The summed E-state index contributed by atoms with van der Waals surface area (Å²) in [6.07, 6.45) is 0. The lowest BCUT2D eigenvalue weighted by Gasteiger charge is -2.12. The van der Waals surface area contributed by atoms with E-state index in [2.05, 4.69) is 10.6 Å². The van der Waals surface area contributed by atoms with Gasteiger partial charge in [0.25, 0.3) is 5.91 Å². The number of carbonyl (C=O) groups is 2. The smallest absolute Gasteiger partial charge is 0.257 e. The zero-order valence-corrected chi connectivity index (χ0v) is 12.7. The van der Waals surface area contributed by atoms with E-state index in [0.29, 0.717) is 16.9 Å². The molecule has 0 fully saturated rings. The lowest BCUT2D eigenvalue weighted by atomic mass is 10.0. The Morgan fingerprint density at radius 3 is 2.04 bits per heavy atom. The lowest BCUT2D eigenvalue weighted by Crippen LogP contribution is -2.16. The molecule has 0 saturated heterocycles. The van der Waals surface area contributed by atoms with E-state index in [0.717, 1.165) is 10.8 Å². The molecule has 3 aromatic carbocycles. The molecule has 0 bridgehead atoms. The van der Waals surface area contributed by atoms with Crippen molar-refractivity contribution < 1.29 is 9.59 Å². The highest BCUT2D eigenvalue weighted by Gasteiger charge is 2.14. The molecule has 0 atom stereocenters. The van der Waals surface area contributed by atoms with Gasteiger partial charge in [-0.25, -0.2) is 0 Å². The SMILES string of the molecule is CC(=O)Nc1cc2ccccc2cc1C(=O)Nc1ccccc1. The van der Waals surface area contributed by atoms with Gasteiger partial charge < -0.3 is 10.6 Å². The van der Waals surface area contributed by atoms with Crippen LogP contribution in [0.2, 0.25) is 0 Å². The van der Waals surface area contributed by atoms with Crippen molar-refractivity contribution in [1.82, 2.24) is 0 Å². The second-order valence-electron chi connectivity index (χ2n) is 5.25. The topological polar surface area (TPSA) is 58.2 Å². The highest BCUT2D eigenvalue weighted by Crippen LogP contribution is 2.25. The number of anilines is 2. The van der Waals surface area contributed by atoms with E-state index in [1.54, 1.807) is 6.07 Å². The van der Waals surface area contributed by atoms with Gasteiger partial charge in [-0.3, -0.25) is 9.59 Å². The predicted octanol–water partition coefficient (Wildman–Crippen LogP) is 4.05. The number of benzene rings is 3. The van der Waals surface area contributed by atoms with Crippen LogP contribution in [0.5, 0.6) is 0 Å². The van der Waals surface area contributed by atoms with E-state index in [4.69, 9.17) is 0 Å². The van der Waals surface area contributed by atoms with Crippen LogP contribution in [0.1, 0.15) is 17.3 Å². The highest BCUT2D eigenvalue weighted by molar-refractivity contribution is 6.12. The van der Waals surface area contributed by atoms with Crippen LogP contribution in [0.15, 0.2) is 66.7 Å². The van der Waals surface area contributed by atoms with Gasteiger partial charge in [-0.15, -0.1) is 0 Å². The summed E-state index contributed by atoms with van der Waals surface area (Å²) in [4.78, 5) is 24.0. The number of hydrogen-bond donors (Lipinski definition) is 2. The van der Waals surface area contributed by atoms with Gasteiger partial charge in [0.1, 0.15) is 0 Å². The molecular weight excluding hydrogens is 288 g/mol. The van der Waals surface area contributed by atoms with Crippen LogP contribution in [-0.4, -0.2) is 11.8 Å². The maximum Gasteiger partial charge on any atom is 0.257 e. The van der Waals surface area contributed by atoms with Crippen LogP contribution in [0.25, 0.3) is 10.8 Å². The van der Waals surface area contributed by atoms with Crippen molar-refractivity contribution in [3.05, 3.63) is 72.3 Å². The van der Waals surface area contributed by atoms with Gasteiger partial charge in [0, 0.05) is 12.6 Å². The summed E-state index contributed by atoms with van der Waals surface area (Å²) in [6.45, 7) is 1.42. The van der Waals surface area contributed by atoms with Crippen LogP contribution in [0.4, 0.5) is 11.4 Å². The molecule has 0 heterocycles. The average molecular weight is 304 g/mol. The van der Waals surface area contributed by atoms with Crippen molar-refractivity contribution in [2.75, 3.05) is 10.6 Å². The third-order valence-electron chi connectivity index (χ3n) is 3.47. The van der Waals surface area contributed by atoms with Crippen LogP contribution in [0, 0.1) is 0 Å². The third-order valence-corrected chi connectivity index (χ3v) is 3.47. The molecule has 3 aromatic rings. The van der Waals surface area contributed by atoms with Gasteiger partial charge in [0.2, 0.25) is 5.91 Å². The molecule has 2 N–H and O–H groups in total. The molecule has 0 saturated carbocycles. The van der Waals surface area contributed by atoms with E-state index in [-0.39, 0.29) is 11.8 Å². The fourth-order valence-electron chi connectivity index (χ4n) is 2.44. The lowest BCUT2D eigenvalue weighted by molar-refractivity contribution is -0.114. The summed E-state index contributed by atoms with van der Waals surface area (Å²) in [5.74, 6) is -0.472. The summed E-state index contributed by atoms with van der Waals surface area (Å²) in [5.41, 5.74) is 1.65. The fraction of sp³-hybridized carbons (Fsp3) is 0.0526. The summed E-state index contributed by atoms with van der Waals surface area (Å²) in [7, 11) is 0. The van der Waals surface area contributed by atoms with Gasteiger partial charge in [0.15, 0.2) is 0 Å². The highest BCUT2D eigenvalue weighted by atomic mass is 16.2. The Bertz CT molecular complexity index is 873. The monoisotopic (exact) mass is 304 g/mol. The standard InChI is InChI=1S/C19H16N2O2/c1-13(22)20-18-12-15-8-6-5-7-14(15)11-17(18)19(23)21-16-9-3-2-4-10-16/h2-12H,1H3,(H,20,22)(H,21,23). The summed E-state index contributed by atoms with van der Waals surface area (Å²) >= 11 is 0. The molecule has 114 valence electrons. The number of carbonyl (C=O) groups excluding carboxylic acids is 2. The Morgan fingerprint density at radius 1 is 0.783 bits per heavy atom. The Kier molecular flexibility index (Phi) is 4.06. The molecular formula is C19H16N2O2. The molecule has 0 radical (unpaired) electrons. The van der Waals surface area contributed by atoms with Crippen molar-refractivity contribution in [3.8, 4) is 0 Å². The maximum absolute atomic E-state index is 12.6. The Morgan fingerprint density at radius 2 is 1.39 bits per heavy atom. The predicted molar refractivity (Wildman–Crippen MR) is 92.6 cm³/mol. The molecule has 0 aliphatic carbocycles. The van der Waals surface area contributed by atoms with Crippen molar-refractivity contribution in [2.45, 2.75) is 6.92 Å². The van der Waals surface area contributed by atoms with E-state index in [1.807, 2.05) is 60.7 Å². The molecule has 3 rings (SSSR count). The minimum atomic E-state index is -0.259. The van der Waals surface area contributed by atoms with Gasteiger partial charge >= 0.3 is 0 Å². The van der Waals surface area contributed by atoms with Gasteiger partial charge in [0.05, 0.1) is 11.3 Å². The number of nitrogens with one attached hydrogen (secondary N) is 2. The molecule has 4 heteroatoms. The van der Waals surface area contributed by atoms with Gasteiger partial charge in [-0.1, -0.05) is 42.5 Å². The number of rotatable bonds is 3. The summed E-state index contributed by atoms with van der Waals surface area (Å²) in [6, 6.07) is 20.5. The first kappa shape index (κ1) is 14.8. The van der Waals surface area contributed by atoms with Crippen molar-refractivity contribution in [2.24, 2.45) is 0 Å². The number of amides is 2. The average Bonchev–Trinajstić information content (AvgIpc) is 2.54. The number of fused-ring (bicyclic) bond motifs is 1. The quantitative estimate of drug-likeness (QED) is 0.767. The normalized spacial score (nSPS) is 10.3. The van der Waals surface area contributed by atoms with Crippen LogP contribution in [-0.2, 0) is 4.79 Å². The van der Waals surface area contributed by atoms with Crippen molar-refractivity contribution in [3.63, 3.8) is 0 Å². The van der Waals surface area contributed by atoms with Crippen molar-refractivity contribution in [1.29, 1.82) is 0 Å². The summed E-state index contributed by atoms with van der Waals surface area (Å²) < 4.78 is 0. The first-order valence-electron chi connectivity index (χ1n) is 7.30. The fourth-order valence-corrected chi connectivity index (χ4v) is 2.44. The molecule has 0 aromatic heterocycles. The molecule has 0 spiro atoms. The van der Waals surface area contributed by atoms with E-state index < -0.39 is 0 Å². The zero-order chi connectivity index (χ0) is 16.2. The second kappa shape index (κ2) is 6.32. The molecule has 0 aliphatic rings. The first-order chi connectivity index (χ1) is 11.1. The van der Waals surface area contributed by atoms with Crippen LogP contribution >= 0.6 is 0 Å². The largest absolute Gasteiger partial charge is 0.326 e. The zero-order valence-electron chi connectivity index (χ0n) is 12.7. The molecule has 0 unspecified atom stereocenters. The number of hydrogen-bond acceptors (Lipinski definition) is 2. The molecule has 0 aliphatic heterocycles. The van der Waals surface area contributed by atoms with E-state index in [1.165, 1.54) is 6.92 Å². The van der Waals surface area contributed by atoms with Gasteiger partial charge in [-0.05, 0) is 35.0 Å². The minimum Gasteiger partial charge on any atom is -0.326 e. The minimum absolute atomic E-state index is 0.214. The van der Waals surface area contributed by atoms with E-state index >= 15 is 0 Å². The molecule has 2 amide bonds. The van der Waals surface area contributed by atoms with Gasteiger partial charge in [-0.2, -0.15) is 0 Å². The maximum atomic E-state index is 12.6. The van der Waals surface area contributed by atoms with Crippen LogP contribution in [0.3, 0.4) is 0 Å². The Balaban J connectivity index is 2.03. The third kappa shape index (κ3) is 3.37.